The SMILES string of the molecule is Cc1cc2ncc(CNc3cc(F)c(C)cc3F)cn2n1. The maximum absolute atomic E-state index is 13.7. The lowest BCUT2D eigenvalue weighted by atomic mass is 10.2. The van der Waals surface area contributed by atoms with Crippen molar-refractivity contribution in [2.45, 2.75) is 20.4 Å². The monoisotopic (exact) mass is 288 g/mol. The van der Waals surface area contributed by atoms with Crippen molar-refractivity contribution in [1.29, 1.82) is 0 Å². The first kappa shape index (κ1) is 13.5. The fraction of sp³-hybridized carbons (Fsp3) is 0.200. The molecule has 3 rings (SSSR count). The lowest BCUT2D eigenvalue weighted by Crippen LogP contribution is -2.04. The molecule has 0 bridgehead atoms. The largest absolute Gasteiger partial charge is 0.378 e. The van der Waals surface area contributed by atoms with E-state index < -0.39 is 11.6 Å². The molecule has 0 radical (unpaired) electrons. The molecule has 0 aliphatic rings. The molecule has 1 N–H and O–H groups in total. The van der Waals surface area contributed by atoms with Crippen LogP contribution in [0.4, 0.5) is 14.5 Å². The first-order valence-corrected chi connectivity index (χ1v) is 6.53. The lowest BCUT2D eigenvalue weighted by Gasteiger charge is -2.09. The van der Waals surface area contributed by atoms with Crippen LogP contribution in [0.3, 0.4) is 0 Å². The Balaban J connectivity index is 1.81. The zero-order chi connectivity index (χ0) is 15.0. The summed E-state index contributed by atoms with van der Waals surface area (Å²) < 4.78 is 28.9. The minimum atomic E-state index is -0.474. The Morgan fingerprint density at radius 2 is 1.95 bits per heavy atom. The Kier molecular flexibility index (Phi) is 3.29. The van der Waals surface area contributed by atoms with Crippen LogP contribution in [0.25, 0.3) is 5.65 Å². The smallest absolute Gasteiger partial charge is 0.155 e. The van der Waals surface area contributed by atoms with Crippen molar-refractivity contribution in [1.82, 2.24) is 14.6 Å². The van der Waals surface area contributed by atoms with Crippen LogP contribution in [0.1, 0.15) is 16.8 Å². The molecule has 4 nitrogen and oxygen atoms in total. The Hall–Kier alpha value is -2.50. The summed E-state index contributed by atoms with van der Waals surface area (Å²) in [5.74, 6) is -0.909. The van der Waals surface area contributed by atoms with Crippen LogP contribution >= 0.6 is 0 Å². The van der Waals surface area contributed by atoms with Gasteiger partial charge in [0.05, 0.1) is 11.4 Å². The van der Waals surface area contributed by atoms with E-state index in [1.165, 1.54) is 13.0 Å². The number of halogens is 2. The molecule has 0 spiro atoms. The van der Waals surface area contributed by atoms with Gasteiger partial charge < -0.3 is 5.32 Å². The summed E-state index contributed by atoms with van der Waals surface area (Å²) in [6.45, 7) is 3.75. The van der Waals surface area contributed by atoms with Gasteiger partial charge in [0.25, 0.3) is 0 Å². The van der Waals surface area contributed by atoms with Crippen LogP contribution in [0.2, 0.25) is 0 Å². The molecule has 0 saturated carbocycles. The Labute approximate surface area is 120 Å². The van der Waals surface area contributed by atoms with Gasteiger partial charge in [-0.15, -0.1) is 0 Å². The van der Waals surface area contributed by atoms with Crippen molar-refractivity contribution >= 4 is 11.3 Å². The van der Waals surface area contributed by atoms with Crippen molar-refractivity contribution in [3.8, 4) is 0 Å². The van der Waals surface area contributed by atoms with Crippen molar-refractivity contribution in [3.05, 3.63) is 59.0 Å². The number of benzene rings is 1. The summed E-state index contributed by atoms with van der Waals surface area (Å²) in [7, 11) is 0. The van der Waals surface area contributed by atoms with Crippen LogP contribution < -0.4 is 5.32 Å². The van der Waals surface area contributed by atoms with Crippen LogP contribution in [-0.4, -0.2) is 14.6 Å². The fourth-order valence-corrected chi connectivity index (χ4v) is 2.10. The number of hydrogen-bond donors (Lipinski definition) is 1. The van der Waals surface area contributed by atoms with Crippen molar-refractivity contribution in [2.75, 3.05) is 5.32 Å². The van der Waals surface area contributed by atoms with Gasteiger partial charge in [-0.1, -0.05) is 0 Å². The Morgan fingerprint density at radius 3 is 2.76 bits per heavy atom. The number of anilines is 1. The summed E-state index contributed by atoms with van der Waals surface area (Å²) in [6.07, 6.45) is 3.50. The van der Waals surface area contributed by atoms with Gasteiger partial charge in [-0.3, -0.25) is 0 Å². The van der Waals surface area contributed by atoms with Gasteiger partial charge in [-0.2, -0.15) is 5.10 Å². The fourth-order valence-electron chi connectivity index (χ4n) is 2.10. The van der Waals surface area contributed by atoms with E-state index in [1.54, 1.807) is 10.7 Å². The first-order valence-electron chi connectivity index (χ1n) is 6.53. The standard InChI is InChI=1S/C15H14F2N4/c1-9-3-13(17)14(5-12(9)16)18-6-11-7-19-15-4-10(2)20-21(15)8-11/h3-5,7-8,18H,6H2,1-2H3. The van der Waals surface area contributed by atoms with Gasteiger partial charge in [-0.05, 0) is 25.5 Å². The van der Waals surface area contributed by atoms with Crippen LogP contribution in [0, 0.1) is 25.5 Å². The highest BCUT2D eigenvalue weighted by Crippen LogP contribution is 2.19. The molecule has 0 aliphatic carbocycles. The number of nitrogens with zero attached hydrogens (tertiary/aromatic N) is 3. The normalized spacial score (nSPS) is 11.0. The molecule has 21 heavy (non-hydrogen) atoms. The van der Waals surface area contributed by atoms with Gasteiger partial charge in [0, 0.05) is 36.6 Å². The summed E-state index contributed by atoms with van der Waals surface area (Å²) in [5, 5.41) is 7.14. The number of hydrogen-bond acceptors (Lipinski definition) is 3. The summed E-state index contributed by atoms with van der Waals surface area (Å²) in [6, 6.07) is 4.21. The van der Waals surface area contributed by atoms with E-state index >= 15 is 0 Å². The summed E-state index contributed by atoms with van der Waals surface area (Å²) in [5.41, 5.74) is 2.87. The number of aromatic nitrogens is 3. The second-order valence-corrected chi connectivity index (χ2v) is 4.99. The van der Waals surface area contributed by atoms with E-state index in [4.69, 9.17) is 0 Å². The zero-order valence-electron chi connectivity index (χ0n) is 11.7. The molecule has 0 amide bonds. The highest BCUT2D eigenvalue weighted by Gasteiger charge is 2.07. The molecule has 1 aromatic carbocycles. The minimum absolute atomic E-state index is 0.134. The molecule has 0 saturated heterocycles. The molecule has 3 aromatic rings. The third-order valence-electron chi connectivity index (χ3n) is 3.22. The molecule has 0 aliphatic heterocycles. The highest BCUT2D eigenvalue weighted by molar-refractivity contribution is 5.47. The highest BCUT2D eigenvalue weighted by atomic mass is 19.1. The van der Waals surface area contributed by atoms with E-state index in [2.05, 4.69) is 15.4 Å². The van der Waals surface area contributed by atoms with Gasteiger partial charge in [0.1, 0.15) is 11.6 Å². The lowest BCUT2D eigenvalue weighted by molar-refractivity contribution is 0.594. The third-order valence-corrected chi connectivity index (χ3v) is 3.22. The number of rotatable bonds is 3. The molecular formula is C15H14F2N4. The van der Waals surface area contributed by atoms with E-state index in [0.29, 0.717) is 6.54 Å². The van der Waals surface area contributed by atoms with Gasteiger partial charge in [0.2, 0.25) is 0 Å². The molecule has 0 fully saturated rings. The quantitative estimate of drug-likeness (QED) is 0.804. The molecule has 108 valence electrons. The predicted molar refractivity (Wildman–Crippen MR) is 76.1 cm³/mol. The average molecular weight is 288 g/mol. The molecule has 6 heteroatoms. The maximum atomic E-state index is 13.7. The van der Waals surface area contributed by atoms with Crippen LogP contribution in [0.5, 0.6) is 0 Å². The Morgan fingerprint density at radius 1 is 1.14 bits per heavy atom. The molecule has 0 unspecified atom stereocenters. The topological polar surface area (TPSA) is 42.2 Å². The minimum Gasteiger partial charge on any atom is -0.378 e. The predicted octanol–water partition coefficient (Wildman–Crippen LogP) is 3.24. The van der Waals surface area contributed by atoms with Crippen molar-refractivity contribution < 1.29 is 8.78 Å². The van der Waals surface area contributed by atoms with Crippen LogP contribution in [0.15, 0.2) is 30.6 Å². The number of aryl methyl sites for hydroxylation is 2. The van der Waals surface area contributed by atoms with Crippen LogP contribution in [-0.2, 0) is 6.54 Å². The second-order valence-electron chi connectivity index (χ2n) is 4.99. The van der Waals surface area contributed by atoms with E-state index in [9.17, 15) is 8.78 Å². The molecule has 2 heterocycles. The number of nitrogens with one attached hydrogen (secondary N) is 1. The third kappa shape index (κ3) is 2.69. The summed E-state index contributed by atoms with van der Waals surface area (Å²) in [4.78, 5) is 4.26. The van der Waals surface area contributed by atoms with Gasteiger partial charge in [0.15, 0.2) is 5.65 Å². The van der Waals surface area contributed by atoms with E-state index in [1.807, 2.05) is 19.2 Å². The van der Waals surface area contributed by atoms with E-state index in [0.717, 1.165) is 23.0 Å². The van der Waals surface area contributed by atoms with Crippen molar-refractivity contribution in [2.24, 2.45) is 0 Å². The summed E-state index contributed by atoms with van der Waals surface area (Å²) >= 11 is 0. The van der Waals surface area contributed by atoms with Crippen molar-refractivity contribution in [3.63, 3.8) is 0 Å². The molecule has 0 atom stereocenters. The Bertz CT molecular complexity index is 811. The molecular weight excluding hydrogens is 274 g/mol. The maximum Gasteiger partial charge on any atom is 0.155 e. The zero-order valence-corrected chi connectivity index (χ0v) is 11.7. The van der Waals surface area contributed by atoms with E-state index in [-0.39, 0.29) is 11.3 Å². The second kappa shape index (κ2) is 5.12. The molecule has 2 aromatic heterocycles. The average Bonchev–Trinajstić information content (AvgIpc) is 2.80. The number of fused-ring (bicyclic) bond motifs is 1. The first-order chi connectivity index (χ1) is 10.0. The van der Waals surface area contributed by atoms with Gasteiger partial charge in [-0.25, -0.2) is 18.3 Å². The van der Waals surface area contributed by atoms with Gasteiger partial charge >= 0.3 is 0 Å².